The average Bonchev–Trinajstić information content (AvgIpc) is 2.40. The number of carbonyl (C=O) groups is 1. The summed E-state index contributed by atoms with van der Waals surface area (Å²) in [6.45, 7) is 3.36. The zero-order valence-corrected chi connectivity index (χ0v) is 11.5. The van der Waals surface area contributed by atoms with Crippen molar-refractivity contribution in [2.45, 2.75) is 13.8 Å². The molecule has 0 spiro atoms. The van der Waals surface area contributed by atoms with Crippen molar-refractivity contribution in [1.82, 2.24) is 0 Å². The lowest BCUT2D eigenvalue weighted by atomic mass is 10.1. The first kappa shape index (κ1) is 14.6. The Morgan fingerprint density at radius 1 is 1.19 bits per heavy atom. The smallest absolute Gasteiger partial charge is 0.269 e. The summed E-state index contributed by atoms with van der Waals surface area (Å²) >= 11 is 0. The number of hydrogen-bond donors (Lipinski definition) is 1. The number of hydrogen-bond acceptors (Lipinski definition) is 3. The van der Waals surface area contributed by atoms with Crippen LogP contribution in [0.25, 0.3) is 0 Å². The quantitative estimate of drug-likeness (QED) is 0.692. The van der Waals surface area contributed by atoms with Gasteiger partial charge in [-0.15, -0.1) is 0 Å². The number of amides is 1. The number of nitrogens with zero attached hydrogens (tertiary/aromatic N) is 1. The molecule has 2 aromatic carbocycles. The van der Waals surface area contributed by atoms with E-state index in [2.05, 4.69) is 5.32 Å². The van der Waals surface area contributed by atoms with Gasteiger partial charge in [0.2, 0.25) is 0 Å². The molecule has 0 aliphatic rings. The van der Waals surface area contributed by atoms with E-state index in [-0.39, 0.29) is 11.3 Å². The van der Waals surface area contributed by atoms with Gasteiger partial charge in [0, 0.05) is 17.8 Å². The van der Waals surface area contributed by atoms with E-state index < -0.39 is 16.6 Å². The molecule has 1 N–H and O–H groups in total. The number of nitro benzene ring substituents is 1. The second-order valence-corrected chi connectivity index (χ2v) is 4.69. The molecule has 0 saturated carbocycles. The topological polar surface area (TPSA) is 72.2 Å². The van der Waals surface area contributed by atoms with E-state index in [9.17, 15) is 19.3 Å². The summed E-state index contributed by atoms with van der Waals surface area (Å²) in [7, 11) is 0. The van der Waals surface area contributed by atoms with Crippen LogP contribution in [0.15, 0.2) is 36.4 Å². The molecule has 2 rings (SSSR count). The van der Waals surface area contributed by atoms with Crippen LogP contribution in [-0.2, 0) is 0 Å². The van der Waals surface area contributed by atoms with E-state index in [1.165, 1.54) is 30.3 Å². The van der Waals surface area contributed by atoms with Crippen molar-refractivity contribution in [2.24, 2.45) is 0 Å². The van der Waals surface area contributed by atoms with Gasteiger partial charge in [-0.2, -0.15) is 0 Å². The zero-order valence-electron chi connectivity index (χ0n) is 11.5. The summed E-state index contributed by atoms with van der Waals surface area (Å²) in [6.07, 6.45) is 0. The van der Waals surface area contributed by atoms with Crippen molar-refractivity contribution < 1.29 is 14.1 Å². The fourth-order valence-corrected chi connectivity index (χ4v) is 1.90. The largest absolute Gasteiger partial charge is 0.322 e. The number of carbonyl (C=O) groups excluding carboxylic acids is 1. The Hall–Kier alpha value is -2.76. The molecular weight excluding hydrogens is 275 g/mol. The lowest BCUT2D eigenvalue weighted by molar-refractivity contribution is -0.384. The molecule has 2 aromatic rings. The van der Waals surface area contributed by atoms with Crippen LogP contribution >= 0.6 is 0 Å². The predicted octanol–water partition coefficient (Wildman–Crippen LogP) is 3.60. The van der Waals surface area contributed by atoms with Crippen LogP contribution in [0.2, 0.25) is 0 Å². The van der Waals surface area contributed by atoms with E-state index in [1.54, 1.807) is 19.9 Å². The number of anilines is 1. The van der Waals surface area contributed by atoms with E-state index in [1.807, 2.05) is 0 Å². The Morgan fingerprint density at radius 3 is 2.48 bits per heavy atom. The van der Waals surface area contributed by atoms with Gasteiger partial charge >= 0.3 is 0 Å². The Morgan fingerprint density at radius 2 is 1.90 bits per heavy atom. The van der Waals surface area contributed by atoms with E-state index >= 15 is 0 Å². The fourth-order valence-electron chi connectivity index (χ4n) is 1.90. The normalized spacial score (nSPS) is 10.2. The van der Waals surface area contributed by atoms with Gasteiger partial charge in [-0.05, 0) is 43.2 Å². The van der Waals surface area contributed by atoms with Gasteiger partial charge in [0.05, 0.1) is 10.5 Å². The maximum Gasteiger partial charge on any atom is 0.269 e. The SMILES string of the molecule is Cc1ccc(C(=O)Nc2ccc([N+](=O)[O-])cc2C)c(F)c1. The summed E-state index contributed by atoms with van der Waals surface area (Å²) < 4.78 is 13.7. The Balaban J connectivity index is 2.25. The minimum absolute atomic E-state index is 0.0629. The standard InChI is InChI=1S/C15H13FN2O3/c1-9-3-5-12(13(16)7-9)15(19)17-14-6-4-11(18(20)21)8-10(14)2/h3-8H,1-2H3,(H,17,19). The third kappa shape index (κ3) is 3.22. The van der Waals surface area contributed by atoms with Crippen molar-refractivity contribution >= 4 is 17.3 Å². The number of non-ortho nitro benzene ring substituents is 1. The molecule has 0 radical (unpaired) electrons. The van der Waals surface area contributed by atoms with Crippen molar-refractivity contribution in [3.8, 4) is 0 Å². The average molecular weight is 288 g/mol. The molecule has 0 saturated heterocycles. The molecule has 108 valence electrons. The molecule has 0 unspecified atom stereocenters. The Bertz CT molecular complexity index is 729. The third-order valence-electron chi connectivity index (χ3n) is 3.04. The van der Waals surface area contributed by atoms with E-state index in [0.717, 1.165) is 5.56 Å². The minimum Gasteiger partial charge on any atom is -0.322 e. The lowest BCUT2D eigenvalue weighted by Gasteiger charge is -2.09. The Labute approximate surface area is 120 Å². The molecule has 0 aliphatic carbocycles. The summed E-state index contributed by atoms with van der Waals surface area (Å²) in [4.78, 5) is 22.2. The van der Waals surface area contributed by atoms with Gasteiger partial charge in [0.15, 0.2) is 0 Å². The summed E-state index contributed by atoms with van der Waals surface area (Å²) in [6, 6.07) is 8.38. The lowest BCUT2D eigenvalue weighted by Crippen LogP contribution is -2.14. The van der Waals surface area contributed by atoms with Gasteiger partial charge in [0.25, 0.3) is 11.6 Å². The van der Waals surface area contributed by atoms with Gasteiger partial charge in [-0.1, -0.05) is 6.07 Å². The first-order valence-corrected chi connectivity index (χ1v) is 6.21. The summed E-state index contributed by atoms with van der Waals surface area (Å²) in [5.74, 6) is -1.20. The molecule has 5 nitrogen and oxygen atoms in total. The third-order valence-corrected chi connectivity index (χ3v) is 3.04. The molecule has 0 aromatic heterocycles. The maximum atomic E-state index is 13.7. The van der Waals surface area contributed by atoms with Crippen LogP contribution in [0, 0.1) is 29.8 Å². The van der Waals surface area contributed by atoms with Crippen molar-refractivity contribution in [1.29, 1.82) is 0 Å². The van der Waals surface area contributed by atoms with Gasteiger partial charge in [0.1, 0.15) is 5.82 Å². The number of nitrogens with one attached hydrogen (secondary N) is 1. The van der Waals surface area contributed by atoms with Crippen molar-refractivity contribution in [2.75, 3.05) is 5.32 Å². The number of aryl methyl sites for hydroxylation is 2. The van der Waals surface area contributed by atoms with E-state index in [4.69, 9.17) is 0 Å². The molecule has 0 atom stereocenters. The highest BCUT2D eigenvalue weighted by Gasteiger charge is 2.14. The van der Waals surface area contributed by atoms with Crippen LogP contribution in [0.3, 0.4) is 0 Å². The fraction of sp³-hybridized carbons (Fsp3) is 0.133. The monoisotopic (exact) mass is 288 g/mol. The predicted molar refractivity (Wildman–Crippen MR) is 76.9 cm³/mol. The first-order chi connectivity index (χ1) is 9.88. The molecule has 1 amide bonds. The van der Waals surface area contributed by atoms with Crippen LogP contribution in [0.4, 0.5) is 15.8 Å². The molecule has 0 fully saturated rings. The van der Waals surface area contributed by atoms with Crippen LogP contribution in [0.5, 0.6) is 0 Å². The highest BCUT2D eigenvalue weighted by Crippen LogP contribution is 2.22. The number of benzene rings is 2. The number of nitro groups is 1. The molecule has 0 aliphatic heterocycles. The minimum atomic E-state index is -0.605. The second kappa shape index (κ2) is 5.70. The highest BCUT2D eigenvalue weighted by molar-refractivity contribution is 6.04. The van der Waals surface area contributed by atoms with Gasteiger partial charge < -0.3 is 5.32 Å². The van der Waals surface area contributed by atoms with E-state index in [0.29, 0.717) is 11.3 Å². The van der Waals surface area contributed by atoms with Crippen molar-refractivity contribution in [3.05, 3.63) is 69.0 Å². The van der Waals surface area contributed by atoms with Gasteiger partial charge in [-0.3, -0.25) is 14.9 Å². The van der Waals surface area contributed by atoms with Crippen LogP contribution in [0.1, 0.15) is 21.5 Å². The first-order valence-electron chi connectivity index (χ1n) is 6.21. The number of halogens is 1. The number of rotatable bonds is 3. The summed E-state index contributed by atoms with van der Waals surface area (Å²) in [5.41, 5.74) is 1.52. The molecule has 0 bridgehead atoms. The van der Waals surface area contributed by atoms with Crippen LogP contribution < -0.4 is 5.32 Å². The summed E-state index contributed by atoms with van der Waals surface area (Å²) in [5, 5.41) is 13.2. The zero-order chi connectivity index (χ0) is 15.6. The molecular formula is C15H13FN2O3. The van der Waals surface area contributed by atoms with Gasteiger partial charge in [-0.25, -0.2) is 4.39 Å². The van der Waals surface area contributed by atoms with Crippen molar-refractivity contribution in [3.63, 3.8) is 0 Å². The molecule has 21 heavy (non-hydrogen) atoms. The second-order valence-electron chi connectivity index (χ2n) is 4.69. The maximum absolute atomic E-state index is 13.7. The highest BCUT2D eigenvalue weighted by atomic mass is 19.1. The molecule has 0 heterocycles. The molecule has 6 heteroatoms. The van der Waals surface area contributed by atoms with Crippen LogP contribution in [-0.4, -0.2) is 10.8 Å². The Kier molecular flexibility index (Phi) is 3.98.